The van der Waals surface area contributed by atoms with Crippen LogP contribution in [0.5, 0.6) is 0 Å². The summed E-state index contributed by atoms with van der Waals surface area (Å²) in [6, 6.07) is 14.7. The van der Waals surface area contributed by atoms with Crippen LogP contribution in [0, 0.1) is 6.92 Å². The summed E-state index contributed by atoms with van der Waals surface area (Å²) < 4.78 is 5.21. The van der Waals surface area contributed by atoms with Crippen LogP contribution in [0.4, 0.5) is 0 Å². The molecule has 0 saturated carbocycles. The van der Waals surface area contributed by atoms with E-state index in [0.717, 1.165) is 21.2 Å². The molecule has 0 aliphatic heterocycles. The number of benzene rings is 2. The van der Waals surface area contributed by atoms with Gasteiger partial charge >= 0.3 is 5.97 Å². The Hall–Kier alpha value is -2.35. The van der Waals surface area contributed by atoms with Crippen LogP contribution in [-0.4, -0.2) is 30.0 Å². The highest BCUT2D eigenvalue weighted by molar-refractivity contribution is 7.98. The van der Waals surface area contributed by atoms with Crippen LogP contribution in [0.1, 0.15) is 26.6 Å². The number of esters is 1. The first-order valence-electron chi connectivity index (χ1n) is 9.32. The minimum atomic E-state index is -0.514. The lowest BCUT2D eigenvalue weighted by atomic mass is 10.1. The van der Waals surface area contributed by atoms with Crippen LogP contribution >= 0.6 is 34.7 Å². The molecule has 0 fully saturated rings. The number of nitrogens with one attached hydrogen (secondary N) is 1. The topological polar surface area (TPSA) is 68.3 Å². The van der Waals surface area contributed by atoms with Crippen molar-refractivity contribution in [3.05, 3.63) is 80.8 Å². The number of aromatic nitrogens is 1. The van der Waals surface area contributed by atoms with Gasteiger partial charge in [-0.2, -0.15) is 0 Å². The standard InChI is InChI=1S/C22H21ClN2O3S2/c1-15-25-18(13-29-15)14-30-20-5-3-2-4-19(20)22(27)28-12-21(26)24-11-10-16-6-8-17(23)9-7-16/h2-9,13H,10-12,14H2,1H3,(H,24,26). The quantitative estimate of drug-likeness (QED) is 0.363. The highest BCUT2D eigenvalue weighted by Crippen LogP contribution is 2.27. The van der Waals surface area contributed by atoms with Crippen LogP contribution in [-0.2, 0) is 21.7 Å². The van der Waals surface area contributed by atoms with E-state index >= 15 is 0 Å². The van der Waals surface area contributed by atoms with Crippen molar-refractivity contribution in [3.8, 4) is 0 Å². The summed E-state index contributed by atoms with van der Waals surface area (Å²) >= 11 is 8.98. The number of thioether (sulfide) groups is 1. The summed E-state index contributed by atoms with van der Waals surface area (Å²) in [7, 11) is 0. The zero-order chi connectivity index (χ0) is 21.3. The SMILES string of the molecule is Cc1nc(CSc2ccccc2C(=O)OCC(=O)NCCc2ccc(Cl)cc2)cs1. The highest BCUT2D eigenvalue weighted by atomic mass is 35.5. The van der Waals surface area contributed by atoms with Crippen molar-refractivity contribution in [1.29, 1.82) is 0 Å². The van der Waals surface area contributed by atoms with Crippen LogP contribution < -0.4 is 5.32 Å². The summed E-state index contributed by atoms with van der Waals surface area (Å²) in [6.07, 6.45) is 0.673. The maximum Gasteiger partial charge on any atom is 0.339 e. The molecule has 3 rings (SSSR count). The Bertz CT molecular complexity index is 1010. The number of aryl methyl sites for hydroxylation is 1. The van der Waals surface area contributed by atoms with Crippen molar-refractivity contribution < 1.29 is 14.3 Å². The monoisotopic (exact) mass is 460 g/mol. The molecule has 156 valence electrons. The van der Waals surface area contributed by atoms with Gasteiger partial charge in [0.15, 0.2) is 6.61 Å². The maximum absolute atomic E-state index is 12.5. The Morgan fingerprint density at radius 2 is 1.93 bits per heavy atom. The molecular formula is C22H21ClN2O3S2. The zero-order valence-corrected chi connectivity index (χ0v) is 18.8. The molecule has 0 radical (unpaired) electrons. The molecule has 5 nitrogen and oxygen atoms in total. The van der Waals surface area contributed by atoms with Gasteiger partial charge in [-0.1, -0.05) is 35.9 Å². The number of carbonyl (C=O) groups excluding carboxylic acids is 2. The summed E-state index contributed by atoms with van der Waals surface area (Å²) in [4.78, 5) is 29.7. The molecule has 0 aliphatic carbocycles. The fraction of sp³-hybridized carbons (Fsp3) is 0.227. The Morgan fingerprint density at radius 3 is 2.67 bits per heavy atom. The van der Waals surface area contributed by atoms with E-state index in [2.05, 4.69) is 10.3 Å². The van der Waals surface area contributed by atoms with E-state index in [1.807, 2.05) is 48.7 Å². The van der Waals surface area contributed by atoms with E-state index in [0.29, 0.717) is 29.3 Å². The fourth-order valence-corrected chi connectivity index (χ4v) is 4.42. The number of amides is 1. The van der Waals surface area contributed by atoms with Gasteiger partial charge in [0.05, 0.1) is 16.3 Å². The van der Waals surface area contributed by atoms with Gasteiger partial charge in [0.25, 0.3) is 5.91 Å². The van der Waals surface area contributed by atoms with Gasteiger partial charge < -0.3 is 10.1 Å². The summed E-state index contributed by atoms with van der Waals surface area (Å²) in [5.41, 5.74) is 2.49. The first-order chi connectivity index (χ1) is 14.5. The van der Waals surface area contributed by atoms with Crippen LogP contribution in [0.25, 0.3) is 0 Å². The lowest BCUT2D eigenvalue weighted by molar-refractivity contribution is -0.124. The predicted octanol–water partition coefficient (Wildman–Crippen LogP) is 4.91. The van der Waals surface area contributed by atoms with Gasteiger partial charge in [0.2, 0.25) is 0 Å². The predicted molar refractivity (Wildman–Crippen MR) is 121 cm³/mol. The minimum absolute atomic E-state index is 0.316. The summed E-state index contributed by atoms with van der Waals surface area (Å²) in [5.74, 6) is -0.180. The van der Waals surface area contributed by atoms with E-state index in [9.17, 15) is 9.59 Å². The minimum Gasteiger partial charge on any atom is -0.452 e. The van der Waals surface area contributed by atoms with Gasteiger partial charge in [-0.3, -0.25) is 4.79 Å². The number of halogens is 1. The molecule has 1 heterocycles. The van der Waals surface area contributed by atoms with Crippen molar-refractivity contribution in [2.75, 3.05) is 13.2 Å². The van der Waals surface area contributed by atoms with Crippen molar-refractivity contribution >= 4 is 46.6 Å². The van der Waals surface area contributed by atoms with E-state index in [1.165, 1.54) is 11.8 Å². The maximum atomic E-state index is 12.5. The second-order valence-corrected chi connectivity index (χ2v) is 8.96. The smallest absolute Gasteiger partial charge is 0.339 e. The van der Waals surface area contributed by atoms with Gasteiger partial charge in [-0.05, 0) is 43.2 Å². The molecule has 0 bridgehead atoms. The molecule has 1 aromatic heterocycles. The third-order valence-electron chi connectivity index (χ3n) is 4.13. The molecular weight excluding hydrogens is 440 g/mol. The fourth-order valence-electron chi connectivity index (χ4n) is 2.64. The third kappa shape index (κ3) is 6.86. The summed E-state index contributed by atoms with van der Waals surface area (Å²) in [6.45, 7) is 2.10. The lowest BCUT2D eigenvalue weighted by Crippen LogP contribution is -2.30. The average molecular weight is 461 g/mol. The number of hydrogen-bond acceptors (Lipinski definition) is 6. The Morgan fingerprint density at radius 1 is 1.17 bits per heavy atom. The molecule has 3 aromatic rings. The normalized spacial score (nSPS) is 10.6. The molecule has 0 unspecified atom stereocenters. The van der Waals surface area contributed by atoms with Gasteiger partial charge in [-0.25, -0.2) is 9.78 Å². The summed E-state index contributed by atoms with van der Waals surface area (Å²) in [5, 5.41) is 6.46. The molecule has 0 atom stereocenters. The van der Waals surface area contributed by atoms with E-state index in [1.54, 1.807) is 23.5 Å². The molecule has 30 heavy (non-hydrogen) atoms. The second-order valence-electron chi connectivity index (χ2n) is 6.45. The average Bonchev–Trinajstić information content (AvgIpc) is 3.17. The van der Waals surface area contributed by atoms with Crippen LogP contribution in [0.3, 0.4) is 0 Å². The number of ether oxygens (including phenoxy) is 1. The molecule has 0 aliphatic rings. The molecule has 0 spiro atoms. The molecule has 2 aromatic carbocycles. The van der Waals surface area contributed by atoms with Gasteiger partial charge in [0, 0.05) is 27.6 Å². The van der Waals surface area contributed by atoms with Crippen molar-refractivity contribution in [1.82, 2.24) is 10.3 Å². The number of carbonyl (C=O) groups is 2. The largest absolute Gasteiger partial charge is 0.452 e. The highest BCUT2D eigenvalue weighted by Gasteiger charge is 2.15. The first-order valence-corrected chi connectivity index (χ1v) is 11.6. The first kappa shape index (κ1) is 22.3. The Labute approximate surface area is 188 Å². The van der Waals surface area contributed by atoms with E-state index in [-0.39, 0.29) is 12.5 Å². The molecule has 0 saturated heterocycles. The second kappa shape index (κ2) is 11.2. The van der Waals surface area contributed by atoms with Crippen molar-refractivity contribution in [3.63, 3.8) is 0 Å². The number of hydrogen-bond donors (Lipinski definition) is 1. The van der Waals surface area contributed by atoms with Crippen molar-refractivity contribution in [2.24, 2.45) is 0 Å². The van der Waals surface area contributed by atoms with Crippen molar-refractivity contribution in [2.45, 2.75) is 24.0 Å². The van der Waals surface area contributed by atoms with Crippen LogP contribution in [0.2, 0.25) is 5.02 Å². The molecule has 1 amide bonds. The van der Waals surface area contributed by atoms with E-state index in [4.69, 9.17) is 16.3 Å². The molecule has 8 heteroatoms. The Balaban J connectivity index is 1.45. The number of rotatable bonds is 9. The van der Waals surface area contributed by atoms with Gasteiger partial charge in [0.1, 0.15) is 0 Å². The van der Waals surface area contributed by atoms with Gasteiger partial charge in [-0.15, -0.1) is 23.1 Å². The van der Waals surface area contributed by atoms with E-state index < -0.39 is 5.97 Å². The zero-order valence-electron chi connectivity index (χ0n) is 16.4. The van der Waals surface area contributed by atoms with Crippen LogP contribution in [0.15, 0.2) is 58.8 Å². The number of thiazole rings is 1. The Kier molecular flexibility index (Phi) is 8.30. The third-order valence-corrected chi connectivity index (χ3v) is 6.31. The molecule has 1 N–H and O–H groups in total. The number of nitrogens with zero attached hydrogens (tertiary/aromatic N) is 1. The lowest BCUT2D eigenvalue weighted by Gasteiger charge is -2.09.